The fourth-order valence-electron chi connectivity index (χ4n) is 1.67. The molecule has 0 aromatic heterocycles. The molecule has 110 valence electrons. The molecular weight excluding hydrogens is 370 g/mol. The lowest BCUT2D eigenvalue weighted by molar-refractivity contribution is -0.387. The van der Waals surface area contributed by atoms with Crippen LogP contribution >= 0.6 is 27.5 Å². The van der Waals surface area contributed by atoms with Crippen LogP contribution in [0.5, 0.6) is 0 Å². The molecule has 0 atom stereocenters. The number of benzene rings is 2. The number of hydrogen-bond donors (Lipinski definition) is 1. The molecule has 0 saturated carbocycles. The molecule has 0 aliphatic rings. The zero-order valence-corrected chi connectivity index (χ0v) is 12.7. The first-order chi connectivity index (χ1) is 9.88. The Balaban J connectivity index is 2.23. The molecule has 8 heteroatoms. The molecule has 0 aliphatic heterocycles. The molecule has 1 N–H and O–H groups in total. The molecule has 4 nitrogen and oxygen atoms in total. The normalized spacial score (nSPS) is 10.5. The van der Waals surface area contributed by atoms with E-state index in [4.69, 9.17) is 11.6 Å². The van der Waals surface area contributed by atoms with E-state index in [1.165, 1.54) is 0 Å². The first-order valence-corrected chi connectivity index (χ1v) is 6.87. The van der Waals surface area contributed by atoms with Crippen LogP contribution in [-0.2, 0) is 6.54 Å². The van der Waals surface area contributed by atoms with E-state index >= 15 is 0 Å². The van der Waals surface area contributed by atoms with Crippen LogP contribution in [0.3, 0.4) is 0 Å². The summed E-state index contributed by atoms with van der Waals surface area (Å²) in [6.45, 7) is 0.192. The zero-order chi connectivity index (χ0) is 15.6. The Morgan fingerprint density at radius 1 is 1.24 bits per heavy atom. The lowest BCUT2D eigenvalue weighted by Gasteiger charge is -2.09. The van der Waals surface area contributed by atoms with Crippen LogP contribution in [0.25, 0.3) is 0 Å². The van der Waals surface area contributed by atoms with Gasteiger partial charge >= 0.3 is 5.69 Å². The highest BCUT2D eigenvalue weighted by Crippen LogP contribution is 2.27. The highest BCUT2D eigenvalue weighted by molar-refractivity contribution is 9.10. The second-order valence-electron chi connectivity index (χ2n) is 4.13. The van der Waals surface area contributed by atoms with Crippen molar-refractivity contribution in [3.63, 3.8) is 0 Å². The van der Waals surface area contributed by atoms with Crippen molar-refractivity contribution in [1.29, 1.82) is 0 Å². The second-order valence-corrected chi connectivity index (χ2v) is 5.42. The van der Waals surface area contributed by atoms with Crippen molar-refractivity contribution in [2.24, 2.45) is 0 Å². The average molecular weight is 378 g/mol. The Morgan fingerprint density at radius 2 is 1.95 bits per heavy atom. The highest BCUT2D eigenvalue weighted by Gasteiger charge is 2.18. The fourth-order valence-corrected chi connectivity index (χ4v) is 2.49. The summed E-state index contributed by atoms with van der Waals surface area (Å²) < 4.78 is 27.5. The van der Waals surface area contributed by atoms with Crippen LogP contribution in [0.1, 0.15) is 5.56 Å². The van der Waals surface area contributed by atoms with E-state index in [0.717, 1.165) is 11.6 Å². The van der Waals surface area contributed by atoms with E-state index in [0.29, 0.717) is 15.6 Å². The van der Waals surface area contributed by atoms with Gasteiger partial charge in [-0.25, -0.2) is 4.39 Å². The van der Waals surface area contributed by atoms with Gasteiger partial charge in [-0.15, -0.1) is 0 Å². The van der Waals surface area contributed by atoms with Gasteiger partial charge in [0.1, 0.15) is 5.82 Å². The molecule has 2 aromatic carbocycles. The third-order valence-electron chi connectivity index (χ3n) is 2.72. The van der Waals surface area contributed by atoms with Crippen LogP contribution < -0.4 is 5.32 Å². The summed E-state index contributed by atoms with van der Waals surface area (Å²) in [5, 5.41) is 13.9. The van der Waals surface area contributed by atoms with Gasteiger partial charge in [-0.3, -0.25) is 10.1 Å². The van der Waals surface area contributed by atoms with Crippen LogP contribution in [0.2, 0.25) is 5.02 Å². The molecule has 2 aromatic rings. The van der Waals surface area contributed by atoms with E-state index in [1.54, 1.807) is 18.2 Å². The van der Waals surface area contributed by atoms with Gasteiger partial charge in [-0.05, 0) is 17.7 Å². The molecule has 0 aliphatic carbocycles. The number of halogens is 4. The zero-order valence-electron chi connectivity index (χ0n) is 10.4. The smallest absolute Gasteiger partial charge is 0.307 e. The lowest BCUT2D eigenvalue weighted by Crippen LogP contribution is -2.04. The van der Waals surface area contributed by atoms with Crippen LogP contribution in [-0.4, -0.2) is 4.92 Å². The summed E-state index contributed by atoms with van der Waals surface area (Å²) in [5.41, 5.74) is -0.162. The molecule has 2 rings (SSSR count). The van der Waals surface area contributed by atoms with Gasteiger partial charge in [0, 0.05) is 28.2 Å². The van der Waals surface area contributed by atoms with Gasteiger partial charge in [0.2, 0.25) is 5.82 Å². The summed E-state index contributed by atoms with van der Waals surface area (Å²) in [6.07, 6.45) is 0. The number of rotatable bonds is 4. The standard InChI is InChI=1S/C13H8BrClF2N2O2/c14-9-3-8(15)2-1-7(9)6-18-12-5-13(19(20)21)11(17)4-10(12)16/h1-5,18H,6H2. The van der Waals surface area contributed by atoms with Crippen molar-refractivity contribution in [3.8, 4) is 0 Å². The molecule has 0 spiro atoms. The van der Waals surface area contributed by atoms with E-state index in [1.807, 2.05) is 0 Å². The van der Waals surface area contributed by atoms with E-state index in [9.17, 15) is 18.9 Å². The quantitative estimate of drug-likeness (QED) is 0.609. The second kappa shape index (κ2) is 6.36. The summed E-state index contributed by atoms with van der Waals surface area (Å²) in [6, 6.07) is 6.36. The minimum Gasteiger partial charge on any atom is -0.378 e. The molecule has 0 fully saturated rings. The molecule has 0 unspecified atom stereocenters. The Hall–Kier alpha value is -1.73. The summed E-state index contributed by atoms with van der Waals surface area (Å²) >= 11 is 9.11. The number of nitro groups is 1. The van der Waals surface area contributed by atoms with Gasteiger partial charge in [0.05, 0.1) is 10.6 Å². The van der Waals surface area contributed by atoms with Crippen molar-refractivity contribution in [2.75, 3.05) is 5.32 Å². The summed E-state index contributed by atoms with van der Waals surface area (Å²) in [4.78, 5) is 9.74. The van der Waals surface area contributed by atoms with Gasteiger partial charge < -0.3 is 5.32 Å². The van der Waals surface area contributed by atoms with Crippen molar-refractivity contribution in [1.82, 2.24) is 0 Å². The predicted octanol–water partition coefficient (Wildman–Crippen LogP) is 4.90. The summed E-state index contributed by atoms with van der Waals surface area (Å²) in [7, 11) is 0. The van der Waals surface area contributed by atoms with Gasteiger partial charge in [0.25, 0.3) is 0 Å². The predicted molar refractivity (Wildman–Crippen MR) is 79.5 cm³/mol. The molecule has 0 amide bonds. The molecule has 0 saturated heterocycles. The summed E-state index contributed by atoms with van der Waals surface area (Å²) in [5.74, 6) is -2.11. The Kier molecular flexibility index (Phi) is 4.74. The maximum atomic E-state index is 13.6. The third kappa shape index (κ3) is 3.68. The first-order valence-electron chi connectivity index (χ1n) is 5.69. The number of nitro benzene ring substituents is 1. The van der Waals surface area contributed by atoms with Crippen molar-refractivity contribution >= 4 is 38.9 Å². The Labute approximate surface area is 132 Å². The van der Waals surface area contributed by atoms with Crippen LogP contribution in [0.15, 0.2) is 34.8 Å². The van der Waals surface area contributed by atoms with Crippen molar-refractivity contribution in [3.05, 3.63) is 67.1 Å². The maximum absolute atomic E-state index is 13.6. The van der Waals surface area contributed by atoms with Gasteiger partial charge in [0.15, 0.2) is 0 Å². The highest BCUT2D eigenvalue weighted by atomic mass is 79.9. The van der Waals surface area contributed by atoms with Crippen LogP contribution in [0.4, 0.5) is 20.2 Å². The average Bonchev–Trinajstić information content (AvgIpc) is 2.39. The number of nitrogens with one attached hydrogen (secondary N) is 1. The third-order valence-corrected chi connectivity index (χ3v) is 3.69. The topological polar surface area (TPSA) is 55.2 Å². The molecular formula is C13H8BrClF2N2O2. The largest absolute Gasteiger partial charge is 0.378 e. The Morgan fingerprint density at radius 3 is 2.57 bits per heavy atom. The van der Waals surface area contributed by atoms with Crippen molar-refractivity contribution < 1.29 is 13.7 Å². The van der Waals surface area contributed by atoms with E-state index in [2.05, 4.69) is 21.2 Å². The number of hydrogen-bond acceptors (Lipinski definition) is 3. The minimum absolute atomic E-state index is 0.148. The number of anilines is 1. The monoisotopic (exact) mass is 376 g/mol. The minimum atomic E-state index is -1.21. The van der Waals surface area contributed by atoms with Gasteiger partial charge in [-0.1, -0.05) is 33.6 Å². The maximum Gasteiger partial charge on any atom is 0.307 e. The SMILES string of the molecule is O=[N+]([O-])c1cc(NCc2ccc(Cl)cc2Br)c(F)cc1F. The molecule has 21 heavy (non-hydrogen) atoms. The molecule has 0 bridgehead atoms. The first kappa shape index (κ1) is 15.7. The Bertz CT molecular complexity index is 713. The van der Waals surface area contributed by atoms with Crippen molar-refractivity contribution in [2.45, 2.75) is 6.54 Å². The van der Waals surface area contributed by atoms with Crippen LogP contribution in [0, 0.1) is 21.7 Å². The molecule has 0 radical (unpaired) electrons. The lowest BCUT2D eigenvalue weighted by atomic mass is 10.2. The fraction of sp³-hybridized carbons (Fsp3) is 0.0769. The van der Waals surface area contributed by atoms with E-state index in [-0.39, 0.29) is 12.2 Å². The van der Waals surface area contributed by atoms with Gasteiger partial charge in [-0.2, -0.15) is 4.39 Å². The van der Waals surface area contributed by atoms with E-state index < -0.39 is 22.2 Å². The molecule has 0 heterocycles. The number of nitrogens with zero attached hydrogens (tertiary/aromatic N) is 1.